The normalized spacial score (nSPS) is 20.0. The van der Waals surface area contributed by atoms with E-state index in [0.29, 0.717) is 39.0 Å². The summed E-state index contributed by atoms with van der Waals surface area (Å²) in [6.07, 6.45) is 1.96. The van der Waals surface area contributed by atoms with Gasteiger partial charge in [-0.3, -0.25) is 14.5 Å². The number of rotatable bonds is 8. The maximum absolute atomic E-state index is 13.5. The van der Waals surface area contributed by atoms with Gasteiger partial charge in [0.25, 0.3) is 0 Å². The van der Waals surface area contributed by atoms with Crippen molar-refractivity contribution in [1.82, 2.24) is 24.9 Å². The summed E-state index contributed by atoms with van der Waals surface area (Å²) >= 11 is 0. The summed E-state index contributed by atoms with van der Waals surface area (Å²) in [5, 5.41) is 27.9. The largest absolute Gasteiger partial charge is 0.508 e. The van der Waals surface area contributed by atoms with Gasteiger partial charge in [-0.05, 0) is 63.3 Å². The van der Waals surface area contributed by atoms with Crippen molar-refractivity contribution in [3.8, 4) is 11.4 Å². The second-order valence-electron chi connectivity index (χ2n) is 10.9. The van der Waals surface area contributed by atoms with Crippen LogP contribution in [-0.4, -0.2) is 78.9 Å². The highest BCUT2D eigenvalue weighted by Crippen LogP contribution is 2.35. The Kier molecular flexibility index (Phi) is 11.3. The van der Waals surface area contributed by atoms with Gasteiger partial charge < -0.3 is 20.4 Å². The van der Waals surface area contributed by atoms with E-state index in [1.165, 1.54) is 0 Å². The Morgan fingerprint density at radius 3 is 2.28 bits per heavy atom. The number of nitrogens with zero attached hydrogens (tertiary/aromatic N) is 4. The first-order chi connectivity index (χ1) is 17.6. The number of aliphatic hydroxyl groups is 1. The van der Waals surface area contributed by atoms with Crippen molar-refractivity contribution < 1.29 is 19.8 Å². The molecule has 2 fully saturated rings. The number of phenolic OH excluding ortho intramolecular Hbond substituents is 1. The molecular formula is C28H43Cl2N5O4. The molecule has 3 N–H and O–H groups in total. The van der Waals surface area contributed by atoms with Gasteiger partial charge in [0.05, 0.1) is 17.5 Å². The molecule has 0 radical (unpaired) electrons. The number of aliphatic hydroxyl groups excluding tert-OH is 1. The van der Waals surface area contributed by atoms with E-state index in [2.05, 4.69) is 17.1 Å². The van der Waals surface area contributed by atoms with Crippen LogP contribution in [0.4, 0.5) is 0 Å². The van der Waals surface area contributed by atoms with E-state index in [4.69, 9.17) is 5.10 Å². The zero-order valence-electron chi connectivity index (χ0n) is 23.5. The van der Waals surface area contributed by atoms with Crippen LogP contribution in [0.1, 0.15) is 63.4 Å². The zero-order valence-corrected chi connectivity index (χ0v) is 25.1. The third-order valence-corrected chi connectivity index (χ3v) is 8.12. The highest BCUT2D eigenvalue weighted by molar-refractivity contribution is 6.00. The molecule has 0 saturated carbocycles. The second kappa shape index (κ2) is 13.4. The number of benzene rings is 1. The lowest BCUT2D eigenvalue weighted by Crippen LogP contribution is -2.74. The van der Waals surface area contributed by atoms with Gasteiger partial charge >= 0.3 is 0 Å². The number of unbranched alkanes of at least 4 members (excludes halogenated alkanes) is 1. The highest BCUT2D eigenvalue weighted by atomic mass is 35.5. The van der Waals surface area contributed by atoms with Crippen LogP contribution < -0.4 is 5.32 Å². The van der Waals surface area contributed by atoms with E-state index in [-0.39, 0.29) is 48.3 Å². The van der Waals surface area contributed by atoms with Gasteiger partial charge in [0, 0.05) is 37.4 Å². The Morgan fingerprint density at radius 2 is 1.72 bits per heavy atom. The Morgan fingerprint density at radius 1 is 1.10 bits per heavy atom. The van der Waals surface area contributed by atoms with Crippen LogP contribution in [0.15, 0.2) is 24.3 Å². The van der Waals surface area contributed by atoms with Crippen molar-refractivity contribution in [3.05, 3.63) is 41.2 Å². The monoisotopic (exact) mass is 583 g/mol. The first-order valence-electron chi connectivity index (χ1n) is 13.5. The van der Waals surface area contributed by atoms with Gasteiger partial charge in [0.2, 0.25) is 11.8 Å². The summed E-state index contributed by atoms with van der Waals surface area (Å²) in [6, 6.07) is 6.11. The molecule has 2 aliphatic heterocycles. The number of phenols is 1. The fourth-order valence-corrected chi connectivity index (χ4v) is 5.65. The van der Waals surface area contributed by atoms with E-state index >= 15 is 0 Å². The molecule has 1 spiro atoms. The van der Waals surface area contributed by atoms with Crippen molar-refractivity contribution in [2.24, 2.45) is 5.92 Å². The molecule has 0 aliphatic carbocycles. The first kappa shape index (κ1) is 32.9. The molecule has 0 bridgehead atoms. The predicted molar refractivity (Wildman–Crippen MR) is 156 cm³/mol. The number of carbonyl (C=O) groups excluding carboxylic acids is 2. The third-order valence-electron chi connectivity index (χ3n) is 8.12. The quantitative estimate of drug-likeness (QED) is 0.438. The summed E-state index contributed by atoms with van der Waals surface area (Å²) in [4.78, 5) is 31.2. The SMILES string of the molecule is CCCCN1C(=O)[C@@H]([C@H](O)C(C)C)NC(=O)C12CCN(Cc1c(C)nn(-c3ccc(O)cc3)c1C)CC2.Cl.Cl. The number of aryl methyl sites for hydroxylation is 1. The lowest BCUT2D eigenvalue weighted by atomic mass is 9.80. The van der Waals surface area contributed by atoms with Gasteiger partial charge in [0.1, 0.15) is 17.3 Å². The van der Waals surface area contributed by atoms with Gasteiger partial charge in [-0.15, -0.1) is 24.8 Å². The average molecular weight is 585 g/mol. The summed E-state index contributed by atoms with van der Waals surface area (Å²) in [6.45, 7) is 12.5. The van der Waals surface area contributed by atoms with Crippen LogP contribution in [-0.2, 0) is 16.1 Å². The molecule has 2 atom stereocenters. The number of piperazine rings is 1. The molecule has 9 nitrogen and oxygen atoms in total. The summed E-state index contributed by atoms with van der Waals surface area (Å²) < 4.78 is 1.90. The summed E-state index contributed by atoms with van der Waals surface area (Å²) in [5.74, 6) is -0.215. The molecular weight excluding hydrogens is 541 g/mol. The van der Waals surface area contributed by atoms with E-state index in [9.17, 15) is 19.8 Å². The Labute approximate surface area is 243 Å². The van der Waals surface area contributed by atoms with Crippen molar-refractivity contribution in [1.29, 1.82) is 0 Å². The lowest BCUT2D eigenvalue weighted by molar-refractivity contribution is -0.165. The van der Waals surface area contributed by atoms with Crippen molar-refractivity contribution >= 4 is 36.6 Å². The molecule has 3 heterocycles. The fourth-order valence-electron chi connectivity index (χ4n) is 5.65. The van der Waals surface area contributed by atoms with Crippen LogP contribution in [0.3, 0.4) is 0 Å². The number of nitrogens with one attached hydrogen (secondary N) is 1. The van der Waals surface area contributed by atoms with E-state index in [0.717, 1.165) is 35.5 Å². The van der Waals surface area contributed by atoms with E-state index < -0.39 is 17.7 Å². The predicted octanol–water partition coefficient (Wildman–Crippen LogP) is 3.52. The minimum atomic E-state index is -0.908. The van der Waals surface area contributed by atoms with Crippen LogP contribution in [0.2, 0.25) is 0 Å². The minimum Gasteiger partial charge on any atom is -0.508 e. The number of hydrogen-bond donors (Lipinski definition) is 3. The molecule has 0 unspecified atom stereocenters. The Balaban J connectivity index is 0.00000267. The third kappa shape index (κ3) is 6.37. The Hall–Kier alpha value is -2.33. The smallest absolute Gasteiger partial charge is 0.248 e. The molecule has 1 aromatic heterocycles. The molecule has 2 amide bonds. The van der Waals surface area contributed by atoms with Crippen molar-refractivity contribution in [2.45, 2.75) is 84.5 Å². The zero-order chi connectivity index (χ0) is 26.9. The van der Waals surface area contributed by atoms with Gasteiger partial charge in [-0.1, -0.05) is 27.2 Å². The number of likely N-dealkylation sites (tertiary alicyclic amines) is 1. The Bertz CT molecular complexity index is 1130. The van der Waals surface area contributed by atoms with Crippen molar-refractivity contribution in [3.63, 3.8) is 0 Å². The van der Waals surface area contributed by atoms with Gasteiger partial charge in [-0.25, -0.2) is 4.68 Å². The lowest BCUT2D eigenvalue weighted by Gasteiger charge is -2.52. The molecule has 2 aliphatic rings. The van der Waals surface area contributed by atoms with Crippen molar-refractivity contribution in [2.75, 3.05) is 19.6 Å². The maximum Gasteiger partial charge on any atom is 0.248 e. The maximum atomic E-state index is 13.5. The van der Waals surface area contributed by atoms with Crippen LogP contribution in [0, 0.1) is 19.8 Å². The van der Waals surface area contributed by atoms with Crippen LogP contribution in [0.25, 0.3) is 5.69 Å². The molecule has 11 heteroatoms. The van der Waals surface area contributed by atoms with E-state index in [1.54, 1.807) is 17.0 Å². The first-order valence-corrected chi connectivity index (χ1v) is 13.5. The number of aromatic hydroxyl groups is 1. The molecule has 4 rings (SSSR count). The number of amides is 2. The van der Waals surface area contributed by atoms with Gasteiger partial charge in [0.15, 0.2) is 0 Å². The molecule has 2 aromatic rings. The summed E-state index contributed by atoms with van der Waals surface area (Å²) in [7, 11) is 0. The average Bonchev–Trinajstić information content (AvgIpc) is 3.15. The molecule has 1 aromatic carbocycles. The molecule has 218 valence electrons. The second-order valence-corrected chi connectivity index (χ2v) is 10.9. The van der Waals surface area contributed by atoms with Crippen LogP contribution >= 0.6 is 24.8 Å². The number of carbonyl (C=O) groups is 2. The number of piperidine rings is 1. The standard InChI is InChI=1S/C28H41N5O4.2ClH/c1-6-7-14-32-26(36)24(25(35)18(2)3)29-27(37)28(32)12-15-31(16-13-28)17-23-19(4)30-33(20(23)5)21-8-10-22(34)11-9-21;;/h8-11,18,24-25,34-35H,6-7,12-17H2,1-5H3,(H,29,37);2*1H/t24-,25-;;/m1../s1. The summed E-state index contributed by atoms with van der Waals surface area (Å²) in [5.41, 5.74) is 3.17. The topological polar surface area (TPSA) is 111 Å². The van der Waals surface area contributed by atoms with Crippen LogP contribution in [0.5, 0.6) is 5.75 Å². The number of halogens is 2. The minimum absolute atomic E-state index is 0. The fraction of sp³-hybridized carbons (Fsp3) is 0.607. The number of aromatic nitrogens is 2. The molecule has 39 heavy (non-hydrogen) atoms. The number of hydrogen-bond acceptors (Lipinski definition) is 6. The molecule has 2 saturated heterocycles. The van der Waals surface area contributed by atoms with Gasteiger partial charge in [-0.2, -0.15) is 5.10 Å². The van der Waals surface area contributed by atoms with E-state index in [1.807, 2.05) is 44.5 Å². The highest BCUT2D eigenvalue weighted by Gasteiger charge is 2.54.